The lowest BCUT2D eigenvalue weighted by Gasteiger charge is -2.27. The molecule has 1 aromatic carbocycles. The fraction of sp³-hybridized carbons (Fsp3) is 0.278. The summed E-state index contributed by atoms with van der Waals surface area (Å²) in [6.07, 6.45) is 1.72. The molecule has 3 aromatic heterocycles. The number of aromatic nitrogens is 7. The molecule has 0 unspecified atom stereocenters. The minimum atomic E-state index is 0.435. The van der Waals surface area contributed by atoms with E-state index in [2.05, 4.69) is 56.7 Å². The van der Waals surface area contributed by atoms with Crippen molar-refractivity contribution in [2.45, 2.75) is 6.54 Å². The van der Waals surface area contributed by atoms with Crippen LogP contribution in [0.3, 0.4) is 0 Å². The van der Waals surface area contributed by atoms with Crippen molar-refractivity contribution in [3.05, 3.63) is 46.8 Å². The Labute approximate surface area is 174 Å². The number of rotatable bonds is 5. The number of halogens is 1. The number of piperazine rings is 1. The van der Waals surface area contributed by atoms with Crippen LogP contribution in [0, 0.1) is 0 Å². The van der Waals surface area contributed by atoms with Gasteiger partial charge in [-0.25, -0.2) is 0 Å². The van der Waals surface area contributed by atoms with Crippen molar-refractivity contribution in [1.29, 1.82) is 0 Å². The third kappa shape index (κ3) is 3.66. The smallest absolute Gasteiger partial charge is 0.230 e. The molecule has 0 aliphatic carbocycles. The molecule has 0 amide bonds. The highest BCUT2D eigenvalue weighted by Gasteiger charge is 2.18. The van der Waals surface area contributed by atoms with Crippen molar-refractivity contribution in [2.75, 3.05) is 36.4 Å². The highest BCUT2D eigenvalue weighted by Crippen LogP contribution is 2.22. The molecular weight excluding hydrogens is 436 g/mol. The van der Waals surface area contributed by atoms with Crippen LogP contribution in [0.1, 0.15) is 5.82 Å². The molecule has 1 aliphatic rings. The summed E-state index contributed by atoms with van der Waals surface area (Å²) in [5, 5.41) is 19.5. The molecule has 4 heterocycles. The number of nitrogens with one attached hydrogen (secondary N) is 3. The Kier molecular flexibility index (Phi) is 4.82. The standard InChI is InChI=1S/C18H19BrN10/c19-13-10-22-29-16(13)24-18(28-8-6-20-7-9-28)25-17(29)21-11-14-23-15(27-26-14)12-4-2-1-3-5-12/h1-5,10,20H,6-9,11H2,(H,21,24,25)(H,23,26,27). The molecule has 11 heteroatoms. The molecule has 1 saturated heterocycles. The van der Waals surface area contributed by atoms with Crippen molar-refractivity contribution in [1.82, 2.24) is 40.1 Å². The summed E-state index contributed by atoms with van der Waals surface area (Å²) < 4.78 is 2.51. The first-order valence-electron chi connectivity index (χ1n) is 9.36. The van der Waals surface area contributed by atoms with Crippen LogP contribution in [-0.4, -0.2) is 60.9 Å². The largest absolute Gasteiger partial charge is 0.347 e. The first kappa shape index (κ1) is 18.0. The number of H-pyrrole nitrogens is 1. The summed E-state index contributed by atoms with van der Waals surface area (Å²) in [7, 11) is 0. The minimum Gasteiger partial charge on any atom is -0.347 e. The van der Waals surface area contributed by atoms with Crippen LogP contribution in [0.2, 0.25) is 0 Å². The van der Waals surface area contributed by atoms with Crippen LogP contribution in [0.15, 0.2) is 41.0 Å². The molecular formula is C18H19BrN10. The lowest BCUT2D eigenvalue weighted by atomic mass is 10.2. The monoisotopic (exact) mass is 454 g/mol. The zero-order valence-electron chi connectivity index (χ0n) is 15.5. The SMILES string of the molecule is Brc1cnn2c(NCc3nnc(-c4ccccc4)[nH]3)nc(N3CCNCC3)nc12. The molecule has 1 fully saturated rings. The number of aromatic amines is 1. The zero-order chi connectivity index (χ0) is 19.6. The van der Waals surface area contributed by atoms with Crippen LogP contribution in [0.4, 0.5) is 11.9 Å². The van der Waals surface area contributed by atoms with Gasteiger partial charge in [-0.2, -0.15) is 19.6 Å². The maximum Gasteiger partial charge on any atom is 0.230 e. The molecule has 3 N–H and O–H groups in total. The summed E-state index contributed by atoms with van der Waals surface area (Å²) in [5.41, 5.74) is 1.71. The van der Waals surface area contributed by atoms with Gasteiger partial charge in [-0.1, -0.05) is 30.3 Å². The van der Waals surface area contributed by atoms with Gasteiger partial charge in [0.2, 0.25) is 11.9 Å². The third-order valence-corrected chi connectivity index (χ3v) is 5.27. The van der Waals surface area contributed by atoms with Crippen LogP contribution >= 0.6 is 15.9 Å². The number of fused-ring (bicyclic) bond motifs is 1. The highest BCUT2D eigenvalue weighted by atomic mass is 79.9. The molecule has 5 rings (SSSR count). The maximum absolute atomic E-state index is 4.71. The van der Waals surface area contributed by atoms with Gasteiger partial charge in [0.1, 0.15) is 5.82 Å². The van der Waals surface area contributed by atoms with Gasteiger partial charge < -0.3 is 20.5 Å². The summed E-state index contributed by atoms with van der Waals surface area (Å²) in [6.45, 7) is 3.99. The van der Waals surface area contributed by atoms with E-state index >= 15 is 0 Å². The predicted molar refractivity (Wildman–Crippen MR) is 113 cm³/mol. The molecule has 4 aromatic rings. The second-order valence-electron chi connectivity index (χ2n) is 6.65. The first-order valence-corrected chi connectivity index (χ1v) is 10.1. The number of anilines is 2. The van der Waals surface area contributed by atoms with E-state index in [9.17, 15) is 0 Å². The van der Waals surface area contributed by atoms with Crippen LogP contribution in [0.5, 0.6) is 0 Å². The van der Waals surface area contributed by atoms with E-state index in [-0.39, 0.29) is 0 Å². The second-order valence-corrected chi connectivity index (χ2v) is 7.51. The van der Waals surface area contributed by atoms with Crippen LogP contribution in [0.25, 0.3) is 17.0 Å². The summed E-state index contributed by atoms with van der Waals surface area (Å²) >= 11 is 3.52. The molecule has 148 valence electrons. The second kappa shape index (κ2) is 7.76. The predicted octanol–water partition coefficient (Wildman–Crippen LogP) is 1.69. The summed E-state index contributed by atoms with van der Waals surface area (Å²) in [4.78, 5) is 14.8. The van der Waals surface area contributed by atoms with Gasteiger partial charge in [-0.15, -0.1) is 10.2 Å². The number of benzene rings is 1. The molecule has 0 atom stereocenters. The quantitative estimate of drug-likeness (QED) is 0.417. The van der Waals surface area contributed by atoms with Gasteiger partial charge in [0.25, 0.3) is 0 Å². The Morgan fingerprint density at radius 2 is 1.90 bits per heavy atom. The van der Waals surface area contributed by atoms with Gasteiger partial charge in [-0.3, -0.25) is 0 Å². The van der Waals surface area contributed by atoms with Crippen molar-refractivity contribution < 1.29 is 0 Å². The number of nitrogens with zero attached hydrogens (tertiary/aromatic N) is 7. The molecule has 0 bridgehead atoms. The molecule has 10 nitrogen and oxygen atoms in total. The molecule has 0 radical (unpaired) electrons. The molecule has 0 saturated carbocycles. The van der Waals surface area contributed by atoms with Crippen molar-refractivity contribution >= 4 is 33.5 Å². The van der Waals surface area contributed by atoms with Gasteiger partial charge in [-0.05, 0) is 15.9 Å². The Bertz CT molecular complexity index is 1120. The maximum atomic E-state index is 4.71. The fourth-order valence-corrected chi connectivity index (χ4v) is 3.57. The minimum absolute atomic E-state index is 0.435. The lowest BCUT2D eigenvalue weighted by Crippen LogP contribution is -2.44. The van der Waals surface area contributed by atoms with Gasteiger partial charge in [0, 0.05) is 31.7 Å². The molecule has 1 aliphatic heterocycles. The molecule has 29 heavy (non-hydrogen) atoms. The fourth-order valence-electron chi connectivity index (χ4n) is 3.23. The van der Waals surface area contributed by atoms with E-state index in [1.54, 1.807) is 10.7 Å². The highest BCUT2D eigenvalue weighted by molar-refractivity contribution is 9.10. The van der Waals surface area contributed by atoms with E-state index in [1.807, 2.05) is 30.3 Å². The Morgan fingerprint density at radius 1 is 1.07 bits per heavy atom. The van der Waals surface area contributed by atoms with E-state index in [0.717, 1.165) is 47.7 Å². The number of hydrogen-bond acceptors (Lipinski definition) is 8. The Balaban J connectivity index is 1.40. The average Bonchev–Trinajstić information content (AvgIpc) is 3.40. The summed E-state index contributed by atoms with van der Waals surface area (Å²) in [5.74, 6) is 2.74. The normalized spacial score (nSPS) is 14.4. The van der Waals surface area contributed by atoms with Crippen molar-refractivity contribution in [3.8, 4) is 11.4 Å². The average molecular weight is 455 g/mol. The van der Waals surface area contributed by atoms with E-state index in [0.29, 0.717) is 24.3 Å². The first-order chi connectivity index (χ1) is 14.3. The van der Waals surface area contributed by atoms with E-state index in [1.165, 1.54) is 0 Å². The molecule has 0 spiro atoms. The van der Waals surface area contributed by atoms with Crippen LogP contribution < -0.4 is 15.5 Å². The van der Waals surface area contributed by atoms with E-state index < -0.39 is 0 Å². The third-order valence-electron chi connectivity index (χ3n) is 4.71. The Morgan fingerprint density at radius 3 is 2.72 bits per heavy atom. The van der Waals surface area contributed by atoms with Gasteiger partial charge >= 0.3 is 0 Å². The van der Waals surface area contributed by atoms with Crippen molar-refractivity contribution in [3.63, 3.8) is 0 Å². The number of hydrogen-bond donors (Lipinski definition) is 3. The van der Waals surface area contributed by atoms with Gasteiger partial charge in [0.15, 0.2) is 11.5 Å². The lowest BCUT2D eigenvalue weighted by molar-refractivity contribution is 0.579. The Hall–Kier alpha value is -3.05. The van der Waals surface area contributed by atoms with Gasteiger partial charge in [0.05, 0.1) is 17.2 Å². The van der Waals surface area contributed by atoms with Crippen molar-refractivity contribution in [2.24, 2.45) is 0 Å². The summed E-state index contributed by atoms with van der Waals surface area (Å²) in [6, 6.07) is 9.90. The zero-order valence-corrected chi connectivity index (χ0v) is 17.1. The van der Waals surface area contributed by atoms with E-state index in [4.69, 9.17) is 4.98 Å². The van der Waals surface area contributed by atoms with Crippen LogP contribution in [-0.2, 0) is 6.54 Å². The topological polar surface area (TPSA) is 112 Å².